The molecule has 160 valence electrons. The molecule has 0 atom stereocenters. The molecule has 2 aromatic carbocycles. The van der Waals surface area contributed by atoms with Crippen LogP contribution in [0.1, 0.15) is 33.5 Å². The van der Waals surface area contributed by atoms with E-state index in [4.69, 9.17) is 0 Å². The van der Waals surface area contributed by atoms with Crippen molar-refractivity contribution in [1.82, 2.24) is 4.98 Å². The summed E-state index contributed by atoms with van der Waals surface area (Å²) < 4.78 is 0. The molecule has 0 bridgehead atoms. The second-order valence-corrected chi connectivity index (χ2v) is 7.44. The number of aromatic hydroxyl groups is 1. The van der Waals surface area contributed by atoms with Gasteiger partial charge in [-0.2, -0.15) is 0 Å². The predicted molar refractivity (Wildman–Crippen MR) is 116 cm³/mol. The zero-order valence-electron chi connectivity index (χ0n) is 18.0. The summed E-state index contributed by atoms with van der Waals surface area (Å²) in [5.74, 6) is 0.0554. The lowest BCUT2D eigenvalue weighted by Crippen LogP contribution is -1.97. The Morgan fingerprint density at radius 1 is 0.839 bits per heavy atom. The van der Waals surface area contributed by atoms with E-state index in [1.54, 1.807) is 13.8 Å². The first kappa shape index (κ1) is 21.8. The Kier molecular flexibility index (Phi) is 5.41. The average Bonchev–Trinajstić information content (AvgIpc) is 2.71. The van der Waals surface area contributed by atoms with Crippen molar-refractivity contribution >= 4 is 33.7 Å². The van der Waals surface area contributed by atoms with Crippen LogP contribution in [0.15, 0.2) is 22.4 Å². The van der Waals surface area contributed by atoms with Crippen molar-refractivity contribution in [2.45, 2.75) is 41.5 Å². The molecule has 3 aromatic rings. The van der Waals surface area contributed by atoms with Gasteiger partial charge in [-0.05, 0) is 63.8 Å². The molecule has 1 heterocycles. The lowest BCUT2D eigenvalue weighted by atomic mass is 9.96. The SMILES string of the molecule is Cc1nc2c(O)c(C)c(C)c(N=Nc3cc([N+](=O)[O-])cc([N+](=O)[O-])c3C)c2c(C)c1C. The molecule has 1 N–H and O–H groups in total. The van der Waals surface area contributed by atoms with Crippen LogP contribution in [0.2, 0.25) is 0 Å². The number of pyridine rings is 1. The number of benzene rings is 2. The minimum atomic E-state index is -0.711. The molecule has 10 heteroatoms. The first-order valence-electron chi connectivity index (χ1n) is 9.40. The Balaban J connectivity index is 2.34. The van der Waals surface area contributed by atoms with E-state index in [2.05, 4.69) is 15.2 Å². The van der Waals surface area contributed by atoms with E-state index in [-0.39, 0.29) is 17.0 Å². The van der Waals surface area contributed by atoms with Gasteiger partial charge in [0.2, 0.25) is 0 Å². The number of aryl methyl sites for hydroxylation is 2. The smallest absolute Gasteiger partial charge is 0.281 e. The molecular weight excluding hydrogens is 402 g/mol. The number of hydrogen-bond donors (Lipinski definition) is 1. The number of aromatic nitrogens is 1. The van der Waals surface area contributed by atoms with Gasteiger partial charge in [0.25, 0.3) is 11.4 Å². The molecule has 0 aliphatic rings. The Morgan fingerprint density at radius 2 is 1.48 bits per heavy atom. The van der Waals surface area contributed by atoms with Crippen LogP contribution in [0.5, 0.6) is 5.75 Å². The van der Waals surface area contributed by atoms with Gasteiger partial charge in [0.1, 0.15) is 17.0 Å². The van der Waals surface area contributed by atoms with Crippen LogP contribution < -0.4 is 0 Å². The summed E-state index contributed by atoms with van der Waals surface area (Å²) in [5.41, 5.74) is 4.01. The van der Waals surface area contributed by atoms with Gasteiger partial charge < -0.3 is 5.11 Å². The van der Waals surface area contributed by atoms with Gasteiger partial charge in [0, 0.05) is 17.1 Å². The van der Waals surface area contributed by atoms with Gasteiger partial charge in [0.05, 0.1) is 27.2 Å². The first-order valence-corrected chi connectivity index (χ1v) is 9.40. The van der Waals surface area contributed by atoms with Gasteiger partial charge in [-0.15, -0.1) is 10.2 Å². The van der Waals surface area contributed by atoms with Crippen molar-refractivity contribution in [2.75, 3.05) is 0 Å². The van der Waals surface area contributed by atoms with Crippen LogP contribution >= 0.6 is 0 Å². The van der Waals surface area contributed by atoms with E-state index < -0.39 is 21.2 Å². The number of rotatable bonds is 4. The molecule has 3 rings (SSSR count). The van der Waals surface area contributed by atoms with Crippen molar-refractivity contribution < 1.29 is 15.0 Å². The highest BCUT2D eigenvalue weighted by atomic mass is 16.6. The number of phenolic OH excluding ortho intramolecular Hbond substituents is 1. The third-order valence-electron chi connectivity index (χ3n) is 5.73. The number of hydrogen-bond acceptors (Lipinski definition) is 8. The van der Waals surface area contributed by atoms with Crippen molar-refractivity contribution in [2.24, 2.45) is 10.2 Å². The predicted octanol–water partition coefficient (Wildman–Crippen LogP) is 6.02. The zero-order valence-corrected chi connectivity index (χ0v) is 18.0. The highest BCUT2D eigenvalue weighted by Gasteiger charge is 2.22. The summed E-state index contributed by atoms with van der Waals surface area (Å²) in [6.45, 7) is 10.6. The van der Waals surface area contributed by atoms with Crippen LogP contribution in [0.3, 0.4) is 0 Å². The van der Waals surface area contributed by atoms with Crippen molar-refractivity contribution in [3.63, 3.8) is 0 Å². The number of nitro groups is 2. The fourth-order valence-corrected chi connectivity index (χ4v) is 3.42. The molecule has 0 amide bonds. The summed E-state index contributed by atoms with van der Waals surface area (Å²) in [6, 6.07) is 2.05. The number of nitrogens with zero attached hydrogens (tertiary/aromatic N) is 5. The van der Waals surface area contributed by atoms with Crippen LogP contribution in [-0.2, 0) is 0 Å². The Morgan fingerprint density at radius 3 is 2.06 bits per heavy atom. The Bertz CT molecular complexity index is 1310. The minimum absolute atomic E-state index is 0.0219. The van der Waals surface area contributed by atoms with Gasteiger partial charge in [-0.3, -0.25) is 20.2 Å². The summed E-state index contributed by atoms with van der Waals surface area (Å²) >= 11 is 0. The largest absolute Gasteiger partial charge is 0.505 e. The second kappa shape index (κ2) is 7.71. The maximum absolute atomic E-state index is 11.3. The Labute approximate surface area is 177 Å². The average molecular weight is 423 g/mol. The number of nitro benzene ring substituents is 2. The van der Waals surface area contributed by atoms with Crippen LogP contribution in [0.4, 0.5) is 22.7 Å². The van der Waals surface area contributed by atoms with Crippen molar-refractivity contribution in [1.29, 1.82) is 0 Å². The quantitative estimate of drug-likeness (QED) is 0.308. The van der Waals surface area contributed by atoms with Crippen LogP contribution in [0, 0.1) is 61.8 Å². The fourth-order valence-electron chi connectivity index (χ4n) is 3.42. The standard InChI is InChI=1S/C21H21N5O5/c1-9-10(2)18-19(11(3)12(4)21(27)20(18)22-14(9)6)24-23-16-7-15(25(28)29)8-17(13(16)5)26(30)31/h7-8,27H,1-6H3. The van der Waals surface area contributed by atoms with Gasteiger partial charge in [0.15, 0.2) is 0 Å². The maximum atomic E-state index is 11.3. The highest BCUT2D eigenvalue weighted by molar-refractivity contribution is 5.99. The molecule has 0 spiro atoms. The fraction of sp³-hybridized carbons (Fsp3) is 0.286. The normalized spacial score (nSPS) is 11.4. The monoisotopic (exact) mass is 423 g/mol. The molecule has 1 aromatic heterocycles. The van der Waals surface area contributed by atoms with Crippen LogP contribution in [0.25, 0.3) is 10.9 Å². The van der Waals surface area contributed by atoms with Crippen molar-refractivity contribution in [3.8, 4) is 5.75 Å². The lowest BCUT2D eigenvalue weighted by molar-refractivity contribution is -0.394. The number of phenols is 1. The molecule has 0 aliphatic carbocycles. The minimum Gasteiger partial charge on any atom is -0.505 e. The maximum Gasteiger partial charge on any atom is 0.281 e. The zero-order chi connectivity index (χ0) is 23.2. The molecule has 0 aliphatic heterocycles. The molecule has 0 saturated heterocycles. The van der Waals surface area contributed by atoms with E-state index in [0.29, 0.717) is 27.7 Å². The van der Waals surface area contributed by atoms with Gasteiger partial charge >= 0.3 is 0 Å². The highest BCUT2D eigenvalue weighted by Crippen LogP contribution is 2.42. The third-order valence-corrected chi connectivity index (χ3v) is 5.73. The molecule has 0 fully saturated rings. The molecule has 0 unspecified atom stereocenters. The van der Waals surface area contributed by atoms with Gasteiger partial charge in [-0.25, -0.2) is 4.98 Å². The molecular formula is C21H21N5O5. The number of non-ortho nitro benzene ring substituents is 1. The molecule has 0 radical (unpaired) electrons. The third kappa shape index (κ3) is 3.56. The van der Waals surface area contributed by atoms with E-state index in [9.17, 15) is 25.3 Å². The molecule has 10 nitrogen and oxygen atoms in total. The lowest BCUT2D eigenvalue weighted by Gasteiger charge is -2.16. The van der Waals surface area contributed by atoms with Crippen molar-refractivity contribution in [3.05, 3.63) is 65.9 Å². The summed E-state index contributed by atoms with van der Waals surface area (Å²) in [6.07, 6.45) is 0. The first-order chi connectivity index (χ1) is 14.5. The van der Waals surface area contributed by atoms with E-state index in [1.807, 2.05) is 20.8 Å². The van der Waals surface area contributed by atoms with Crippen LogP contribution in [-0.4, -0.2) is 19.9 Å². The number of fused-ring (bicyclic) bond motifs is 1. The van der Waals surface area contributed by atoms with Gasteiger partial charge in [-0.1, -0.05) is 0 Å². The number of azo groups is 1. The molecule has 0 saturated carbocycles. The topological polar surface area (TPSA) is 144 Å². The van der Waals surface area contributed by atoms with E-state index in [0.717, 1.165) is 29.0 Å². The summed E-state index contributed by atoms with van der Waals surface area (Å²) in [4.78, 5) is 25.7. The summed E-state index contributed by atoms with van der Waals surface area (Å²) in [5, 5.41) is 42.3. The Hall–Kier alpha value is -3.95. The van der Waals surface area contributed by atoms with E-state index >= 15 is 0 Å². The van der Waals surface area contributed by atoms with E-state index in [1.165, 1.54) is 6.92 Å². The summed E-state index contributed by atoms with van der Waals surface area (Å²) in [7, 11) is 0. The molecule has 31 heavy (non-hydrogen) atoms. The second-order valence-electron chi connectivity index (χ2n) is 7.44.